The Morgan fingerprint density at radius 2 is 1.80 bits per heavy atom. The van der Waals surface area contributed by atoms with Gasteiger partial charge in [0.25, 0.3) is 5.91 Å². The number of nitrogens with one attached hydrogen (secondary N) is 1. The number of carbonyl (C=O) groups excluding carboxylic acids is 2. The van der Waals surface area contributed by atoms with Crippen molar-refractivity contribution in [1.29, 1.82) is 0 Å². The lowest BCUT2D eigenvalue weighted by Crippen LogP contribution is -2.39. The van der Waals surface area contributed by atoms with Crippen molar-refractivity contribution in [3.8, 4) is 11.5 Å². The number of Topliss-reactive ketones (excluding diaryl/α,β-unsaturated/α-hetero) is 1. The molecule has 0 aliphatic carbocycles. The van der Waals surface area contributed by atoms with Crippen molar-refractivity contribution in [2.45, 2.75) is 39.0 Å². The highest BCUT2D eigenvalue weighted by atomic mass is 28.3. The monoisotopic (exact) mass is 287 g/mol. The smallest absolute Gasteiger partial charge is 0.251 e. The van der Waals surface area contributed by atoms with Crippen molar-refractivity contribution in [2.24, 2.45) is 0 Å². The summed E-state index contributed by atoms with van der Waals surface area (Å²) in [6.07, 6.45) is 0.373. The van der Waals surface area contributed by atoms with Gasteiger partial charge in [0, 0.05) is 12.0 Å². The summed E-state index contributed by atoms with van der Waals surface area (Å²) < 4.78 is 0. The third kappa shape index (κ3) is 5.85. The lowest BCUT2D eigenvalue weighted by molar-refractivity contribution is -0.118. The summed E-state index contributed by atoms with van der Waals surface area (Å²) in [4.78, 5) is 23.6. The second-order valence-electron chi connectivity index (χ2n) is 5.76. The quantitative estimate of drug-likeness (QED) is 0.683. The number of ketones is 1. The molecular formula is C16H21NO2Si. The minimum atomic E-state index is -1.45. The first-order chi connectivity index (χ1) is 9.29. The first kappa shape index (κ1) is 16.2. The van der Waals surface area contributed by atoms with Crippen LogP contribution in [0.5, 0.6) is 0 Å². The zero-order valence-corrected chi connectivity index (χ0v) is 13.5. The van der Waals surface area contributed by atoms with Gasteiger partial charge in [0.15, 0.2) is 5.78 Å². The Balaban J connectivity index is 2.71. The summed E-state index contributed by atoms with van der Waals surface area (Å²) in [5.74, 6) is 2.73. The van der Waals surface area contributed by atoms with Crippen LogP contribution in [0, 0.1) is 11.5 Å². The van der Waals surface area contributed by atoms with E-state index >= 15 is 0 Å². The maximum absolute atomic E-state index is 12.0. The number of benzene rings is 1. The fourth-order valence-corrected chi connectivity index (χ4v) is 2.18. The Hall–Kier alpha value is -1.86. The molecule has 0 spiro atoms. The number of hydrogen-bond acceptors (Lipinski definition) is 2. The summed E-state index contributed by atoms with van der Waals surface area (Å²) in [6, 6.07) is 8.34. The number of rotatable bonds is 4. The summed E-state index contributed by atoms with van der Waals surface area (Å²) in [6.45, 7) is 7.91. The molecule has 106 valence electrons. The van der Waals surface area contributed by atoms with Crippen LogP contribution in [0.4, 0.5) is 0 Å². The van der Waals surface area contributed by atoms with Crippen LogP contribution in [0.3, 0.4) is 0 Å². The molecule has 1 rings (SSSR count). The molecule has 0 radical (unpaired) electrons. The standard InChI is InChI=1S/C16H21NO2Si/c1-13(18)15(11-8-12-20(2,3)4)17-16(19)14-9-6-5-7-10-14/h5-7,9-10,15H,11H2,1-4H3,(H,17,19). The van der Waals surface area contributed by atoms with Gasteiger partial charge in [-0.25, -0.2) is 0 Å². The lowest BCUT2D eigenvalue weighted by Gasteiger charge is -2.13. The van der Waals surface area contributed by atoms with Gasteiger partial charge in [-0.15, -0.1) is 11.5 Å². The van der Waals surface area contributed by atoms with E-state index in [4.69, 9.17) is 0 Å². The molecule has 1 aromatic rings. The highest BCUT2D eigenvalue weighted by Crippen LogP contribution is 2.02. The van der Waals surface area contributed by atoms with Gasteiger partial charge in [-0.05, 0) is 19.1 Å². The van der Waals surface area contributed by atoms with Crippen LogP contribution in [0.2, 0.25) is 19.6 Å². The molecule has 0 saturated carbocycles. The first-order valence-electron chi connectivity index (χ1n) is 6.66. The zero-order chi connectivity index (χ0) is 15.2. The van der Waals surface area contributed by atoms with Gasteiger partial charge in [-0.3, -0.25) is 9.59 Å². The Kier molecular flexibility index (Phi) is 5.72. The minimum Gasteiger partial charge on any atom is -0.341 e. The summed E-state index contributed by atoms with van der Waals surface area (Å²) in [7, 11) is -1.45. The number of hydrogen-bond donors (Lipinski definition) is 1. The highest BCUT2D eigenvalue weighted by molar-refractivity contribution is 6.83. The van der Waals surface area contributed by atoms with Crippen LogP contribution in [0.15, 0.2) is 30.3 Å². The molecule has 0 aromatic heterocycles. The largest absolute Gasteiger partial charge is 0.341 e. The maximum Gasteiger partial charge on any atom is 0.251 e. The predicted molar refractivity (Wildman–Crippen MR) is 84.1 cm³/mol. The molecule has 1 atom stereocenters. The van der Waals surface area contributed by atoms with Crippen LogP contribution in [0.25, 0.3) is 0 Å². The molecule has 1 N–H and O–H groups in total. The van der Waals surface area contributed by atoms with Crippen LogP contribution in [-0.2, 0) is 4.79 Å². The summed E-state index contributed by atoms with van der Waals surface area (Å²) in [5.41, 5.74) is 3.76. The lowest BCUT2D eigenvalue weighted by atomic mass is 10.1. The van der Waals surface area contributed by atoms with Gasteiger partial charge in [-0.1, -0.05) is 37.8 Å². The molecule has 1 aromatic carbocycles. The molecule has 1 amide bonds. The topological polar surface area (TPSA) is 46.2 Å². The van der Waals surface area contributed by atoms with Crippen LogP contribution in [-0.4, -0.2) is 25.8 Å². The van der Waals surface area contributed by atoms with Crippen LogP contribution >= 0.6 is 0 Å². The predicted octanol–water partition coefficient (Wildman–Crippen LogP) is 2.64. The van der Waals surface area contributed by atoms with Crippen molar-refractivity contribution in [3.05, 3.63) is 35.9 Å². The Morgan fingerprint density at radius 1 is 1.20 bits per heavy atom. The SMILES string of the molecule is CC(=O)C(CC#C[Si](C)(C)C)NC(=O)c1ccccc1. The fourth-order valence-electron chi connectivity index (χ4n) is 1.55. The average Bonchev–Trinajstić information content (AvgIpc) is 2.37. The minimum absolute atomic E-state index is 0.0702. The van der Waals surface area contributed by atoms with Gasteiger partial charge >= 0.3 is 0 Å². The molecule has 0 aliphatic rings. The molecule has 20 heavy (non-hydrogen) atoms. The molecule has 0 bridgehead atoms. The van der Waals surface area contributed by atoms with E-state index in [2.05, 4.69) is 36.4 Å². The molecule has 0 aliphatic heterocycles. The Morgan fingerprint density at radius 3 is 2.30 bits per heavy atom. The Labute approximate surface area is 121 Å². The summed E-state index contributed by atoms with van der Waals surface area (Å²) >= 11 is 0. The normalized spacial score (nSPS) is 12.0. The zero-order valence-electron chi connectivity index (χ0n) is 12.5. The third-order valence-corrected chi connectivity index (χ3v) is 3.53. The second kappa shape index (κ2) is 7.06. The summed E-state index contributed by atoms with van der Waals surface area (Å²) in [5, 5.41) is 2.74. The number of carbonyl (C=O) groups is 2. The van der Waals surface area contributed by atoms with Crippen molar-refractivity contribution in [2.75, 3.05) is 0 Å². The average molecular weight is 287 g/mol. The van der Waals surface area contributed by atoms with Crippen LogP contribution < -0.4 is 5.32 Å². The number of amides is 1. The van der Waals surface area contributed by atoms with Crippen molar-refractivity contribution < 1.29 is 9.59 Å². The molecule has 0 fully saturated rings. The fraction of sp³-hybridized carbons (Fsp3) is 0.375. The highest BCUT2D eigenvalue weighted by Gasteiger charge is 2.17. The van der Waals surface area contributed by atoms with E-state index in [1.165, 1.54) is 6.92 Å². The van der Waals surface area contributed by atoms with Crippen molar-refractivity contribution >= 4 is 19.8 Å². The van der Waals surface area contributed by atoms with Gasteiger partial charge in [0.05, 0.1) is 6.04 Å². The van der Waals surface area contributed by atoms with E-state index in [1.807, 2.05) is 6.07 Å². The third-order valence-electron chi connectivity index (χ3n) is 2.60. The van der Waals surface area contributed by atoms with E-state index in [0.29, 0.717) is 12.0 Å². The molecular weight excluding hydrogens is 266 g/mol. The van der Waals surface area contributed by atoms with Gasteiger partial charge in [-0.2, -0.15) is 0 Å². The van der Waals surface area contributed by atoms with Crippen molar-refractivity contribution in [1.82, 2.24) is 5.32 Å². The molecule has 4 heteroatoms. The van der Waals surface area contributed by atoms with Gasteiger partial charge < -0.3 is 5.32 Å². The van der Waals surface area contributed by atoms with Crippen molar-refractivity contribution in [3.63, 3.8) is 0 Å². The van der Waals surface area contributed by atoms with Crippen LogP contribution in [0.1, 0.15) is 23.7 Å². The van der Waals surface area contributed by atoms with Gasteiger partial charge in [0.2, 0.25) is 0 Å². The maximum atomic E-state index is 12.0. The van der Waals surface area contributed by atoms with E-state index in [1.54, 1.807) is 24.3 Å². The first-order valence-corrected chi connectivity index (χ1v) is 10.2. The van der Waals surface area contributed by atoms with Gasteiger partial charge in [0.1, 0.15) is 8.07 Å². The molecule has 3 nitrogen and oxygen atoms in total. The van der Waals surface area contributed by atoms with E-state index < -0.39 is 14.1 Å². The molecule has 0 heterocycles. The van der Waals surface area contributed by atoms with E-state index in [-0.39, 0.29) is 11.7 Å². The second-order valence-corrected chi connectivity index (χ2v) is 10.5. The van der Waals surface area contributed by atoms with E-state index in [9.17, 15) is 9.59 Å². The van der Waals surface area contributed by atoms with E-state index in [0.717, 1.165) is 0 Å². The molecule has 1 unspecified atom stereocenters. The molecule has 0 saturated heterocycles. The Bertz CT molecular complexity index is 535.